The molecule has 0 aliphatic carbocycles. The Bertz CT molecular complexity index is 1280. The SMILES string of the molecule is COc1ccc2sc(N(CCN(C)C)C(=O)c3cc4ccccc4oc3=O)nc2c1. The minimum Gasteiger partial charge on any atom is -0.497 e. The molecule has 1 amide bonds. The van der Waals surface area contributed by atoms with Gasteiger partial charge in [-0.05, 0) is 38.4 Å². The van der Waals surface area contributed by atoms with Crippen LogP contribution in [-0.2, 0) is 0 Å². The molecule has 8 heteroatoms. The van der Waals surface area contributed by atoms with Crippen LogP contribution in [0.4, 0.5) is 5.13 Å². The zero-order valence-corrected chi connectivity index (χ0v) is 17.7. The molecule has 0 N–H and O–H groups in total. The van der Waals surface area contributed by atoms with E-state index in [1.165, 1.54) is 16.2 Å². The highest BCUT2D eigenvalue weighted by atomic mass is 32.1. The van der Waals surface area contributed by atoms with Crippen molar-refractivity contribution < 1.29 is 13.9 Å². The molecule has 0 aliphatic rings. The maximum absolute atomic E-state index is 13.4. The number of benzene rings is 2. The second kappa shape index (κ2) is 8.25. The Morgan fingerprint density at radius 1 is 1.13 bits per heavy atom. The van der Waals surface area contributed by atoms with Crippen LogP contribution in [0.3, 0.4) is 0 Å². The summed E-state index contributed by atoms with van der Waals surface area (Å²) in [5.74, 6) is 0.267. The van der Waals surface area contributed by atoms with Crippen molar-refractivity contribution in [1.29, 1.82) is 0 Å². The van der Waals surface area contributed by atoms with Crippen molar-refractivity contribution in [3.8, 4) is 5.75 Å². The smallest absolute Gasteiger partial charge is 0.349 e. The number of carbonyl (C=O) groups is 1. The quantitative estimate of drug-likeness (QED) is 0.441. The largest absolute Gasteiger partial charge is 0.497 e. The number of fused-ring (bicyclic) bond motifs is 2. The van der Waals surface area contributed by atoms with Crippen molar-refractivity contribution in [3.63, 3.8) is 0 Å². The lowest BCUT2D eigenvalue weighted by molar-refractivity contribution is 0.0982. The van der Waals surface area contributed by atoms with E-state index in [2.05, 4.69) is 4.98 Å². The van der Waals surface area contributed by atoms with Crippen LogP contribution >= 0.6 is 11.3 Å². The number of nitrogens with zero attached hydrogens (tertiary/aromatic N) is 3. The van der Waals surface area contributed by atoms with Crippen LogP contribution in [-0.4, -0.2) is 50.1 Å². The van der Waals surface area contributed by atoms with Gasteiger partial charge in [-0.1, -0.05) is 29.5 Å². The van der Waals surface area contributed by atoms with Gasteiger partial charge in [0.1, 0.15) is 16.9 Å². The molecule has 0 spiro atoms. The Labute approximate surface area is 177 Å². The van der Waals surface area contributed by atoms with E-state index in [1.54, 1.807) is 25.3 Å². The molecule has 4 aromatic rings. The summed E-state index contributed by atoms with van der Waals surface area (Å²) in [6.45, 7) is 0.999. The Balaban J connectivity index is 1.78. The third-order valence-corrected chi connectivity index (χ3v) is 5.76. The number of carbonyl (C=O) groups excluding carboxylic acids is 1. The summed E-state index contributed by atoms with van der Waals surface area (Å²) in [5, 5.41) is 1.22. The highest BCUT2D eigenvalue weighted by molar-refractivity contribution is 7.22. The molecule has 0 fully saturated rings. The van der Waals surface area contributed by atoms with E-state index in [0.717, 1.165) is 10.2 Å². The predicted molar refractivity (Wildman–Crippen MR) is 119 cm³/mol. The number of rotatable bonds is 6. The number of likely N-dealkylation sites (N-methyl/N-ethyl adjacent to an activating group) is 1. The van der Waals surface area contributed by atoms with Crippen LogP contribution in [0.2, 0.25) is 0 Å². The first kappa shape index (κ1) is 20.1. The molecule has 0 saturated carbocycles. The van der Waals surface area contributed by atoms with Crippen molar-refractivity contribution in [2.75, 3.05) is 39.2 Å². The van der Waals surface area contributed by atoms with Gasteiger partial charge < -0.3 is 14.1 Å². The first-order valence-corrected chi connectivity index (χ1v) is 10.2. The van der Waals surface area contributed by atoms with Gasteiger partial charge in [0.25, 0.3) is 5.91 Å². The molecular weight excluding hydrogens is 402 g/mol. The number of aromatic nitrogens is 1. The number of hydrogen-bond acceptors (Lipinski definition) is 7. The predicted octanol–water partition coefficient (Wildman–Crippen LogP) is 3.62. The number of hydrogen-bond donors (Lipinski definition) is 0. The van der Waals surface area contributed by atoms with Crippen molar-refractivity contribution in [2.45, 2.75) is 0 Å². The zero-order chi connectivity index (χ0) is 21.3. The number of anilines is 1. The maximum Gasteiger partial charge on any atom is 0.349 e. The fourth-order valence-electron chi connectivity index (χ4n) is 3.08. The number of ether oxygens (including phenoxy) is 1. The van der Waals surface area contributed by atoms with Crippen molar-refractivity contribution in [2.24, 2.45) is 0 Å². The summed E-state index contributed by atoms with van der Waals surface area (Å²) in [5.41, 5.74) is 0.522. The summed E-state index contributed by atoms with van der Waals surface area (Å²) < 4.78 is 11.6. The fourth-order valence-corrected chi connectivity index (χ4v) is 4.05. The van der Waals surface area contributed by atoms with Crippen LogP contribution in [0.15, 0.2) is 57.7 Å². The van der Waals surface area contributed by atoms with Crippen molar-refractivity contribution in [3.05, 3.63) is 64.5 Å². The minimum absolute atomic E-state index is 0.00991. The van der Waals surface area contributed by atoms with Gasteiger partial charge in [-0.25, -0.2) is 9.78 Å². The van der Waals surface area contributed by atoms with E-state index in [9.17, 15) is 9.59 Å². The molecule has 7 nitrogen and oxygen atoms in total. The first-order valence-electron chi connectivity index (χ1n) is 9.40. The molecule has 4 rings (SSSR count). The Kier molecular flexibility index (Phi) is 5.52. The third kappa shape index (κ3) is 3.92. The summed E-state index contributed by atoms with van der Waals surface area (Å²) in [6.07, 6.45) is 0. The monoisotopic (exact) mass is 423 g/mol. The lowest BCUT2D eigenvalue weighted by Gasteiger charge is -2.21. The summed E-state index contributed by atoms with van der Waals surface area (Å²) in [6, 6.07) is 14.3. The van der Waals surface area contributed by atoms with Gasteiger partial charge in [0.2, 0.25) is 0 Å². The van der Waals surface area contributed by atoms with E-state index < -0.39 is 11.5 Å². The first-order chi connectivity index (χ1) is 14.5. The van der Waals surface area contributed by atoms with E-state index in [1.807, 2.05) is 49.3 Å². The summed E-state index contributed by atoms with van der Waals surface area (Å²) in [7, 11) is 5.45. The average molecular weight is 423 g/mol. The fraction of sp³-hybridized carbons (Fsp3) is 0.227. The highest BCUT2D eigenvalue weighted by Crippen LogP contribution is 2.32. The molecule has 154 valence electrons. The normalized spacial score (nSPS) is 11.3. The van der Waals surface area contributed by atoms with Gasteiger partial charge in [-0.15, -0.1) is 0 Å². The minimum atomic E-state index is -0.656. The van der Waals surface area contributed by atoms with E-state index in [4.69, 9.17) is 9.15 Å². The zero-order valence-electron chi connectivity index (χ0n) is 16.9. The summed E-state index contributed by atoms with van der Waals surface area (Å²) >= 11 is 1.40. The Hall–Kier alpha value is -3.23. The molecule has 0 unspecified atom stereocenters. The van der Waals surface area contributed by atoms with Gasteiger partial charge in [0, 0.05) is 24.5 Å². The Morgan fingerprint density at radius 2 is 1.93 bits per heavy atom. The highest BCUT2D eigenvalue weighted by Gasteiger charge is 2.25. The molecule has 0 radical (unpaired) electrons. The maximum atomic E-state index is 13.4. The standard InChI is InChI=1S/C22H21N3O4S/c1-24(2)10-11-25(22-23-17-13-15(28-3)8-9-19(17)30-22)20(26)16-12-14-6-4-5-7-18(14)29-21(16)27/h4-9,12-13H,10-11H2,1-3H3. The van der Waals surface area contributed by atoms with E-state index >= 15 is 0 Å². The van der Waals surface area contributed by atoms with Crippen LogP contribution in [0.25, 0.3) is 21.2 Å². The molecule has 2 aromatic carbocycles. The van der Waals surface area contributed by atoms with Gasteiger partial charge in [-0.3, -0.25) is 9.69 Å². The van der Waals surface area contributed by atoms with Gasteiger partial charge >= 0.3 is 5.63 Å². The second-order valence-electron chi connectivity index (χ2n) is 7.08. The molecule has 0 aliphatic heterocycles. The van der Waals surface area contributed by atoms with Crippen LogP contribution in [0, 0.1) is 0 Å². The molecule has 2 aromatic heterocycles. The van der Waals surface area contributed by atoms with Crippen LogP contribution < -0.4 is 15.3 Å². The summed E-state index contributed by atoms with van der Waals surface area (Å²) in [4.78, 5) is 34.1. The molecule has 0 bridgehead atoms. The third-order valence-electron chi connectivity index (χ3n) is 4.70. The van der Waals surface area contributed by atoms with E-state index in [0.29, 0.717) is 34.9 Å². The molecule has 0 saturated heterocycles. The van der Waals surface area contributed by atoms with Gasteiger partial charge in [-0.2, -0.15) is 0 Å². The van der Waals surface area contributed by atoms with Gasteiger partial charge in [0.15, 0.2) is 5.13 Å². The van der Waals surface area contributed by atoms with Crippen LogP contribution in [0.1, 0.15) is 10.4 Å². The second-order valence-corrected chi connectivity index (χ2v) is 8.08. The van der Waals surface area contributed by atoms with Crippen molar-refractivity contribution in [1.82, 2.24) is 9.88 Å². The molecular formula is C22H21N3O4S. The lowest BCUT2D eigenvalue weighted by atomic mass is 10.1. The van der Waals surface area contributed by atoms with Crippen LogP contribution in [0.5, 0.6) is 5.75 Å². The number of para-hydroxylation sites is 1. The average Bonchev–Trinajstić information content (AvgIpc) is 3.15. The number of thiazole rings is 1. The van der Waals surface area contributed by atoms with Crippen molar-refractivity contribution >= 4 is 43.6 Å². The lowest BCUT2D eigenvalue weighted by Crippen LogP contribution is -2.38. The topological polar surface area (TPSA) is 75.9 Å². The van der Waals surface area contributed by atoms with E-state index in [-0.39, 0.29) is 5.56 Å². The molecule has 0 atom stereocenters. The number of methoxy groups -OCH3 is 1. The number of amides is 1. The van der Waals surface area contributed by atoms with Gasteiger partial charge in [0.05, 0.1) is 17.3 Å². The molecule has 2 heterocycles. The molecule has 30 heavy (non-hydrogen) atoms. The Morgan fingerprint density at radius 3 is 2.70 bits per heavy atom.